The molecule has 25 heavy (non-hydrogen) atoms. The first-order chi connectivity index (χ1) is 11.8. The van der Waals surface area contributed by atoms with Crippen molar-refractivity contribution in [2.24, 2.45) is 0 Å². The lowest BCUT2D eigenvalue weighted by Crippen LogP contribution is -2.42. The lowest BCUT2D eigenvalue weighted by Gasteiger charge is -2.31. The molecule has 1 amide bonds. The monoisotopic (exact) mass is 369 g/mol. The fraction of sp³-hybridized carbons (Fsp3) is 0.278. The van der Waals surface area contributed by atoms with Gasteiger partial charge in [-0.05, 0) is 42.3 Å². The molecule has 0 radical (unpaired) electrons. The number of amides is 1. The van der Waals surface area contributed by atoms with Gasteiger partial charge in [-0.15, -0.1) is 0 Å². The fourth-order valence-corrected chi connectivity index (χ4v) is 2.69. The van der Waals surface area contributed by atoms with Gasteiger partial charge >= 0.3 is 6.18 Å². The Bertz CT molecular complexity index is 788. The third-order valence-corrected chi connectivity index (χ3v) is 4.27. The normalized spacial score (nSPS) is 14.2. The van der Waals surface area contributed by atoms with Crippen LogP contribution in [-0.4, -0.2) is 23.9 Å². The predicted molar refractivity (Wildman–Crippen MR) is 87.7 cm³/mol. The summed E-state index contributed by atoms with van der Waals surface area (Å²) in [6, 6.07) is 9.94. The van der Waals surface area contributed by atoms with Crippen molar-refractivity contribution in [3.63, 3.8) is 0 Å². The van der Waals surface area contributed by atoms with Gasteiger partial charge in [-0.1, -0.05) is 23.7 Å². The second-order valence-electron chi connectivity index (χ2n) is 5.78. The second kappa shape index (κ2) is 6.96. The zero-order chi connectivity index (χ0) is 18.0. The van der Waals surface area contributed by atoms with E-state index < -0.39 is 11.7 Å². The van der Waals surface area contributed by atoms with Crippen molar-refractivity contribution < 1.29 is 22.7 Å². The Kier molecular flexibility index (Phi) is 4.90. The molecule has 1 heterocycles. The second-order valence-corrected chi connectivity index (χ2v) is 6.18. The summed E-state index contributed by atoms with van der Waals surface area (Å²) in [5.41, 5.74) is 0.480. The summed E-state index contributed by atoms with van der Waals surface area (Å²) in [7, 11) is 0. The maximum atomic E-state index is 12.6. The molecule has 0 unspecified atom stereocenters. The number of likely N-dealkylation sites (tertiary alicyclic amines) is 1. The van der Waals surface area contributed by atoms with Crippen LogP contribution < -0.4 is 4.74 Å². The van der Waals surface area contributed by atoms with Crippen molar-refractivity contribution in [2.75, 3.05) is 13.1 Å². The number of hydrogen-bond donors (Lipinski definition) is 0. The van der Waals surface area contributed by atoms with Gasteiger partial charge in [0.05, 0.1) is 10.6 Å². The molecule has 0 bridgehead atoms. The smallest absolute Gasteiger partial charge is 0.416 e. The standard InChI is InChI=1S/C18H15ClF3NO2/c19-15-10-14(18(20,21)22)5-6-16(15)25-11-12-3-1-4-13(9-12)17(24)23-7-2-8-23/h1,3-6,9-10H,2,7-8,11H2. The Morgan fingerprint density at radius 2 is 1.92 bits per heavy atom. The van der Waals surface area contributed by atoms with Gasteiger partial charge in [0.25, 0.3) is 5.91 Å². The van der Waals surface area contributed by atoms with Crippen LogP contribution in [0.4, 0.5) is 13.2 Å². The minimum atomic E-state index is -4.45. The molecule has 0 spiro atoms. The molecule has 132 valence electrons. The molecule has 0 saturated carbocycles. The minimum Gasteiger partial charge on any atom is -0.487 e. The highest BCUT2D eigenvalue weighted by molar-refractivity contribution is 6.32. The molecule has 0 aromatic heterocycles. The van der Waals surface area contributed by atoms with E-state index in [1.165, 1.54) is 6.07 Å². The van der Waals surface area contributed by atoms with Crippen molar-refractivity contribution in [1.29, 1.82) is 0 Å². The van der Waals surface area contributed by atoms with E-state index in [0.29, 0.717) is 5.56 Å². The Labute approximate surface area is 148 Å². The highest BCUT2D eigenvalue weighted by Crippen LogP contribution is 2.34. The first kappa shape index (κ1) is 17.6. The highest BCUT2D eigenvalue weighted by Gasteiger charge is 2.31. The molecule has 2 aromatic rings. The summed E-state index contributed by atoms with van der Waals surface area (Å²) in [5.74, 6) is 0.134. The molecule has 1 aliphatic rings. The summed E-state index contributed by atoms with van der Waals surface area (Å²) in [6.07, 6.45) is -3.44. The third-order valence-electron chi connectivity index (χ3n) is 3.97. The molecule has 3 rings (SSSR count). The van der Waals surface area contributed by atoms with Crippen LogP contribution in [0.2, 0.25) is 5.02 Å². The number of carbonyl (C=O) groups is 1. The molecule has 0 aliphatic carbocycles. The SMILES string of the molecule is O=C(c1cccc(COc2ccc(C(F)(F)F)cc2Cl)c1)N1CCC1. The average Bonchev–Trinajstić information content (AvgIpc) is 2.51. The van der Waals surface area contributed by atoms with Crippen LogP contribution in [0.1, 0.15) is 27.9 Å². The number of alkyl halides is 3. The molecule has 0 N–H and O–H groups in total. The zero-order valence-electron chi connectivity index (χ0n) is 13.1. The van der Waals surface area contributed by atoms with E-state index in [2.05, 4.69) is 0 Å². The van der Waals surface area contributed by atoms with Crippen molar-refractivity contribution in [2.45, 2.75) is 19.2 Å². The number of rotatable bonds is 4. The molecule has 1 fully saturated rings. The minimum absolute atomic E-state index is 0.0272. The van der Waals surface area contributed by atoms with Crippen LogP contribution in [0.25, 0.3) is 0 Å². The van der Waals surface area contributed by atoms with Gasteiger partial charge in [0, 0.05) is 18.7 Å². The number of benzene rings is 2. The van der Waals surface area contributed by atoms with Gasteiger partial charge in [-0.2, -0.15) is 13.2 Å². The average molecular weight is 370 g/mol. The third kappa shape index (κ3) is 4.07. The van der Waals surface area contributed by atoms with Gasteiger partial charge in [0.15, 0.2) is 0 Å². The topological polar surface area (TPSA) is 29.5 Å². The predicted octanol–water partition coefficient (Wildman–Crippen LogP) is 4.78. The molecular formula is C18H15ClF3NO2. The van der Waals surface area contributed by atoms with Crippen LogP contribution in [0, 0.1) is 0 Å². The molecule has 1 aliphatic heterocycles. The van der Waals surface area contributed by atoms with Crippen molar-refractivity contribution in [3.8, 4) is 5.75 Å². The van der Waals surface area contributed by atoms with Crippen LogP contribution in [0.3, 0.4) is 0 Å². The Morgan fingerprint density at radius 3 is 2.52 bits per heavy atom. The van der Waals surface area contributed by atoms with E-state index in [-0.39, 0.29) is 23.3 Å². The van der Waals surface area contributed by atoms with Crippen molar-refractivity contribution in [3.05, 3.63) is 64.2 Å². The summed E-state index contributed by atoms with van der Waals surface area (Å²) in [5, 5.41) is -0.109. The number of halogens is 4. The molecule has 7 heteroatoms. The highest BCUT2D eigenvalue weighted by atomic mass is 35.5. The summed E-state index contributed by atoms with van der Waals surface area (Å²) >= 11 is 5.87. The van der Waals surface area contributed by atoms with E-state index >= 15 is 0 Å². The Morgan fingerprint density at radius 1 is 1.16 bits per heavy atom. The first-order valence-corrected chi connectivity index (χ1v) is 8.10. The van der Waals surface area contributed by atoms with Crippen molar-refractivity contribution in [1.82, 2.24) is 4.90 Å². The maximum absolute atomic E-state index is 12.6. The van der Waals surface area contributed by atoms with Gasteiger partial charge < -0.3 is 9.64 Å². The summed E-state index contributed by atoms with van der Waals surface area (Å²) in [6.45, 7) is 1.63. The van der Waals surface area contributed by atoms with E-state index in [1.807, 2.05) is 0 Å². The van der Waals surface area contributed by atoms with Crippen LogP contribution in [0.5, 0.6) is 5.75 Å². The fourth-order valence-electron chi connectivity index (χ4n) is 2.45. The Hall–Kier alpha value is -2.21. The first-order valence-electron chi connectivity index (χ1n) is 7.72. The van der Waals surface area contributed by atoms with Crippen LogP contribution in [-0.2, 0) is 12.8 Å². The van der Waals surface area contributed by atoms with Crippen molar-refractivity contribution >= 4 is 17.5 Å². The van der Waals surface area contributed by atoms with Gasteiger partial charge in [-0.3, -0.25) is 4.79 Å². The van der Waals surface area contributed by atoms with E-state index in [1.54, 1.807) is 29.2 Å². The zero-order valence-corrected chi connectivity index (χ0v) is 13.9. The van der Waals surface area contributed by atoms with Crippen LogP contribution in [0.15, 0.2) is 42.5 Å². The number of nitrogens with zero attached hydrogens (tertiary/aromatic N) is 1. The van der Waals surface area contributed by atoms with Crippen LogP contribution >= 0.6 is 11.6 Å². The summed E-state index contributed by atoms with van der Waals surface area (Å²) in [4.78, 5) is 14.0. The molecule has 0 atom stereocenters. The van der Waals surface area contributed by atoms with Gasteiger partial charge in [0.2, 0.25) is 0 Å². The lowest BCUT2D eigenvalue weighted by molar-refractivity contribution is -0.137. The largest absolute Gasteiger partial charge is 0.487 e. The van der Waals surface area contributed by atoms with E-state index in [9.17, 15) is 18.0 Å². The van der Waals surface area contributed by atoms with Gasteiger partial charge in [0.1, 0.15) is 12.4 Å². The molecule has 1 saturated heterocycles. The quantitative estimate of drug-likeness (QED) is 0.776. The molecule has 2 aromatic carbocycles. The maximum Gasteiger partial charge on any atom is 0.416 e. The van der Waals surface area contributed by atoms with Gasteiger partial charge in [-0.25, -0.2) is 0 Å². The summed E-state index contributed by atoms with van der Waals surface area (Å²) < 4.78 is 43.4. The van der Waals surface area contributed by atoms with E-state index in [0.717, 1.165) is 37.2 Å². The lowest BCUT2D eigenvalue weighted by atomic mass is 10.1. The number of ether oxygens (including phenoxy) is 1. The van der Waals surface area contributed by atoms with E-state index in [4.69, 9.17) is 16.3 Å². The Balaban J connectivity index is 1.68. The molecule has 3 nitrogen and oxygen atoms in total. The molecular weight excluding hydrogens is 355 g/mol. The number of hydrogen-bond acceptors (Lipinski definition) is 2. The number of carbonyl (C=O) groups excluding carboxylic acids is 1.